The summed E-state index contributed by atoms with van der Waals surface area (Å²) in [6, 6.07) is 19.1. The van der Waals surface area contributed by atoms with Gasteiger partial charge in [-0.1, -0.05) is 42.5 Å². The Balaban J connectivity index is 1.26. The molecule has 0 bridgehead atoms. The maximum absolute atomic E-state index is 13.5. The lowest BCUT2D eigenvalue weighted by atomic mass is 10.0. The molecule has 226 valence electrons. The van der Waals surface area contributed by atoms with Gasteiger partial charge in [0.25, 0.3) is 5.91 Å². The smallest absolute Gasteiger partial charge is 0.405 e. The van der Waals surface area contributed by atoms with Crippen LogP contribution >= 0.6 is 0 Å². The molecule has 11 heteroatoms. The number of imidazole rings is 1. The second-order valence-corrected chi connectivity index (χ2v) is 11.7. The van der Waals surface area contributed by atoms with Crippen molar-refractivity contribution in [3.8, 4) is 17.3 Å². The second-order valence-electron chi connectivity index (χ2n) is 11.7. The maximum Gasteiger partial charge on any atom is 0.405 e. The number of pyridine rings is 1. The Labute approximate surface area is 253 Å². The van der Waals surface area contributed by atoms with Gasteiger partial charge in [-0.2, -0.15) is 0 Å². The number of carbonyl (C=O) groups is 2. The lowest BCUT2D eigenvalue weighted by Crippen LogP contribution is -2.48. The van der Waals surface area contributed by atoms with E-state index in [1.807, 2.05) is 41.9 Å². The first-order valence-electron chi connectivity index (χ1n) is 14.9. The van der Waals surface area contributed by atoms with Crippen LogP contribution in [0.1, 0.15) is 34.5 Å². The van der Waals surface area contributed by atoms with Crippen LogP contribution in [-0.2, 0) is 26.6 Å². The van der Waals surface area contributed by atoms with Crippen molar-refractivity contribution in [2.75, 3.05) is 19.8 Å². The van der Waals surface area contributed by atoms with E-state index in [1.54, 1.807) is 6.07 Å². The van der Waals surface area contributed by atoms with Gasteiger partial charge in [0.05, 0.1) is 28.5 Å². The van der Waals surface area contributed by atoms with Crippen molar-refractivity contribution in [1.82, 2.24) is 29.3 Å². The third-order valence-corrected chi connectivity index (χ3v) is 8.50. The van der Waals surface area contributed by atoms with Crippen molar-refractivity contribution in [2.45, 2.75) is 38.5 Å². The Bertz CT molecular complexity index is 1880. The standard InChI is InChI=1S/C33H33FN6O4/c1-38-30-26(15-24-25(36-30)12-13-39(32(24)41)18-23(16-34)35-33(42)43)37-31(38)27-14-22-8-5-9-28(29(22)40(27)17-20-10-11-20)44-19-21-6-3-2-4-7-21/h2-9,14-15,20,23,35H,10-13,16-19H2,1H3,(H,42,43). The summed E-state index contributed by atoms with van der Waals surface area (Å²) >= 11 is 0. The van der Waals surface area contributed by atoms with Crippen LogP contribution in [0.3, 0.4) is 0 Å². The predicted molar refractivity (Wildman–Crippen MR) is 163 cm³/mol. The number of carboxylic acid groups (broad SMARTS) is 1. The maximum atomic E-state index is 13.5. The molecule has 2 aromatic carbocycles. The third-order valence-electron chi connectivity index (χ3n) is 8.50. The Morgan fingerprint density at radius 3 is 2.70 bits per heavy atom. The fourth-order valence-electron chi connectivity index (χ4n) is 6.09. The molecule has 1 aliphatic heterocycles. The van der Waals surface area contributed by atoms with Crippen LogP contribution in [0.4, 0.5) is 9.18 Å². The zero-order valence-electron chi connectivity index (χ0n) is 24.4. The van der Waals surface area contributed by atoms with E-state index < -0.39 is 18.8 Å². The lowest BCUT2D eigenvalue weighted by Gasteiger charge is -2.30. The summed E-state index contributed by atoms with van der Waals surface area (Å²) in [5.41, 5.74) is 5.43. The number of ether oxygens (including phenoxy) is 1. The predicted octanol–water partition coefficient (Wildman–Crippen LogP) is 5.18. The molecule has 0 spiro atoms. The van der Waals surface area contributed by atoms with Crippen molar-refractivity contribution >= 4 is 34.1 Å². The van der Waals surface area contributed by atoms with Gasteiger partial charge in [-0.25, -0.2) is 19.2 Å². The summed E-state index contributed by atoms with van der Waals surface area (Å²) < 4.78 is 24.1. The van der Waals surface area contributed by atoms with Gasteiger partial charge in [0.2, 0.25) is 0 Å². The van der Waals surface area contributed by atoms with Gasteiger partial charge in [0.1, 0.15) is 24.5 Å². The number of benzene rings is 2. The number of fused-ring (bicyclic) bond motifs is 3. The number of carbonyl (C=O) groups excluding carboxylic acids is 1. The lowest BCUT2D eigenvalue weighted by molar-refractivity contribution is 0.0712. The molecule has 0 saturated heterocycles. The van der Waals surface area contributed by atoms with Crippen LogP contribution in [0.2, 0.25) is 0 Å². The highest BCUT2D eigenvalue weighted by Crippen LogP contribution is 2.39. The van der Waals surface area contributed by atoms with Crippen LogP contribution in [0.15, 0.2) is 60.7 Å². The number of hydrogen-bond acceptors (Lipinski definition) is 5. The first kappa shape index (κ1) is 27.9. The van der Waals surface area contributed by atoms with E-state index in [9.17, 15) is 14.0 Å². The highest BCUT2D eigenvalue weighted by Gasteiger charge is 2.31. The molecule has 1 atom stereocenters. The van der Waals surface area contributed by atoms with Gasteiger partial charge >= 0.3 is 6.09 Å². The van der Waals surface area contributed by atoms with Gasteiger partial charge in [0, 0.05) is 38.5 Å². The average Bonchev–Trinajstić information content (AvgIpc) is 3.70. The van der Waals surface area contributed by atoms with Crippen LogP contribution in [0.5, 0.6) is 5.75 Å². The molecule has 7 rings (SSSR count). The average molecular weight is 597 g/mol. The summed E-state index contributed by atoms with van der Waals surface area (Å²) in [7, 11) is 1.94. The molecule has 10 nitrogen and oxygen atoms in total. The number of aryl methyl sites for hydroxylation is 1. The number of nitrogens with one attached hydrogen (secondary N) is 1. The Hall–Kier alpha value is -4.93. The minimum atomic E-state index is -1.32. The normalized spacial score (nSPS) is 15.5. The molecule has 2 N–H and O–H groups in total. The Morgan fingerprint density at radius 2 is 1.95 bits per heavy atom. The Morgan fingerprint density at radius 1 is 1.14 bits per heavy atom. The number of aromatic nitrogens is 4. The van der Waals surface area contributed by atoms with E-state index in [2.05, 4.69) is 34.1 Å². The van der Waals surface area contributed by atoms with Gasteiger partial charge in [-0.3, -0.25) is 4.79 Å². The van der Waals surface area contributed by atoms with Crippen LogP contribution in [0, 0.1) is 5.92 Å². The number of amides is 2. The van der Waals surface area contributed by atoms with E-state index in [-0.39, 0.29) is 12.5 Å². The van der Waals surface area contributed by atoms with Gasteiger partial charge in [0.15, 0.2) is 11.5 Å². The molecule has 1 unspecified atom stereocenters. The molecular weight excluding hydrogens is 563 g/mol. The summed E-state index contributed by atoms with van der Waals surface area (Å²) in [4.78, 5) is 35.8. The van der Waals surface area contributed by atoms with E-state index in [1.165, 1.54) is 17.7 Å². The molecular formula is C33H33FN6O4. The minimum Gasteiger partial charge on any atom is -0.487 e. The first-order chi connectivity index (χ1) is 21.4. The van der Waals surface area contributed by atoms with Gasteiger partial charge < -0.3 is 29.2 Å². The number of para-hydroxylation sites is 1. The topological polar surface area (TPSA) is 115 Å². The quantitative estimate of drug-likeness (QED) is 0.230. The molecule has 3 aromatic heterocycles. The molecule has 1 aliphatic carbocycles. The third kappa shape index (κ3) is 5.23. The van der Waals surface area contributed by atoms with Crippen molar-refractivity contribution in [3.05, 3.63) is 77.5 Å². The summed E-state index contributed by atoms with van der Waals surface area (Å²) in [5.74, 6) is 1.86. The fraction of sp³-hybridized carbons (Fsp3) is 0.333. The number of hydrogen-bond donors (Lipinski definition) is 2. The largest absolute Gasteiger partial charge is 0.487 e. The summed E-state index contributed by atoms with van der Waals surface area (Å²) in [6.07, 6.45) is 1.53. The van der Waals surface area contributed by atoms with Crippen molar-refractivity contribution in [3.63, 3.8) is 0 Å². The molecule has 2 amide bonds. The highest BCUT2D eigenvalue weighted by molar-refractivity contribution is 5.99. The summed E-state index contributed by atoms with van der Waals surface area (Å²) in [5, 5.41) is 12.2. The van der Waals surface area contributed by atoms with Gasteiger partial charge in [-0.15, -0.1) is 0 Å². The zero-order valence-corrected chi connectivity index (χ0v) is 24.4. The van der Waals surface area contributed by atoms with Crippen molar-refractivity contribution < 1.29 is 23.8 Å². The molecule has 0 radical (unpaired) electrons. The monoisotopic (exact) mass is 596 g/mol. The number of alkyl halides is 1. The molecule has 1 fully saturated rings. The van der Waals surface area contributed by atoms with Crippen molar-refractivity contribution in [2.24, 2.45) is 13.0 Å². The molecule has 2 aliphatic rings. The second kappa shape index (κ2) is 11.3. The number of nitrogens with zero attached hydrogens (tertiary/aromatic N) is 5. The molecule has 1 saturated carbocycles. The van der Waals surface area contributed by atoms with Gasteiger partial charge in [-0.05, 0) is 42.5 Å². The van der Waals surface area contributed by atoms with Crippen LogP contribution in [0.25, 0.3) is 33.6 Å². The Kier molecular flexibility index (Phi) is 7.15. The SMILES string of the molecule is Cn1c(-c2cc3cccc(OCc4ccccc4)c3n2CC2CC2)nc2cc3c(nc21)CCN(CC(CF)NC(=O)O)C3=O. The van der Waals surface area contributed by atoms with Crippen LogP contribution < -0.4 is 10.1 Å². The molecule has 4 heterocycles. The first-order valence-corrected chi connectivity index (χ1v) is 14.9. The van der Waals surface area contributed by atoms with E-state index in [0.29, 0.717) is 47.9 Å². The van der Waals surface area contributed by atoms with E-state index >= 15 is 0 Å². The highest BCUT2D eigenvalue weighted by atomic mass is 19.1. The zero-order chi connectivity index (χ0) is 30.4. The molecule has 5 aromatic rings. The number of halogens is 1. The fourth-order valence-corrected chi connectivity index (χ4v) is 6.09. The van der Waals surface area contributed by atoms with Crippen molar-refractivity contribution in [1.29, 1.82) is 0 Å². The van der Waals surface area contributed by atoms with E-state index in [0.717, 1.165) is 40.3 Å². The molecule has 44 heavy (non-hydrogen) atoms. The minimum absolute atomic E-state index is 0.0530. The van der Waals surface area contributed by atoms with E-state index in [4.69, 9.17) is 19.8 Å². The number of rotatable bonds is 10. The summed E-state index contributed by atoms with van der Waals surface area (Å²) in [6.45, 7) is 0.689. The van der Waals surface area contributed by atoms with Crippen LogP contribution in [-0.4, -0.2) is 66.9 Å².